The van der Waals surface area contributed by atoms with E-state index in [0.717, 1.165) is 10.9 Å². The number of hydrogen-bond acceptors (Lipinski definition) is 2. The average Bonchev–Trinajstić information content (AvgIpc) is 2.48. The van der Waals surface area contributed by atoms with Crippen molar-refractivity contribution in [2.45, 2.75) is 0 Å². The van der Waals surface area contributed by atoms with Gasteiger partial charge in [0.2, 0.25) is 0 Å². The lowest BCUT2D eigenvalue weighted by Gasteiger charge is -1.94. The van der Waals surface area contributed by atoms with Crippen molar-refractivity contribution in [2.75, 3.05) is 5.32 Å². The highest BCUT2D eigenvalue weighted by Crippen LogP contribution is 2.18. The van der Waals surface area contributed by atoms with Crippen LogP contribution in [0.3, 0.4) is 0 Å². The first-order valence-corrected chi connectivity index (χ1v) is 3.70. The van der Waals surface area contributed by atoms with E-state index in [1.807, 2.05) is 18.2 Å². The van der Waals surface area contributed by atoms with Gasteiger partial charge >= 0.3 is 6.09 Å². The molecule has 1 amide bonds. The molecule has 1 heterocycles. The topological polar surface area (TPSA) is 78.0 Å². The molecule has 3 N–H and O–H groups in total. The zero-order valence-electron chi connectivity index (χ0n) is 6.61. The van der Waals surface area contributed by atoms with Crippen molar-refractivity contribution >= 4 is 22.8 Å². The van der Waals surface area contributed by atoms with E-state index in [4.69, 9.17) is 5.11 Å². The number of fused-ring (bicyclic) bond motifs is 1. The maximum Gasteiger partial charge on any atom is 0.410 e. The molecule has 1 aromatic carbocycles. The fraction of sp³-hybridized carbons (Fsp3) is 0. The summed E-state index contributed by atoms with van der Waals surface area (Å²) in [5.41, 5.74) is 0.811. The highest BCUT2D eigenvalue weighted by Gasteiger charge is 2.05. The molecule has 2 aromatic rings. The summed E-state index contributed by atoms with van der Waals surface area (Å²) in [6.07, 6.45) is -1.11. The van der Waals surface area contributed by atoms with Crippen LogP contribution in [0.1, 0.15) is 0 Å². The van der Waals surface area contributed by atoms with Crippen LogP contribution >= 0.6 is 0 Å². The van der Waals surface area contributed by atoms with Gasteiger partial charge in [-0.1, -0.05) is 12.1 Å². The number of nitrogens with zero attached hydrogens (tertiary/aromatic N) is 1. The summed E-state index contributed by atoms with van der Waals surface area (Å²) in [5, 5.41) is 18.0. The standard InChI is InChI=1S/C8H7N3O2/c12-8(13)9-7-5-3-1-2-4-6(5)10-11-7/h1-4H,(H,12,13)(H2,9,10,11). The summed E-state index contributed by atoms with van der Waals surface area (Å²) < 4.78 is 0. The van der Waals surface area contributed by atoms with E-state index in [0.29, 0.717) is 5.82 Å². The quantitative estimate of drug-likeness (QED) is 0.619. The molecular weight excluding hydrogens is 170 g/mol. The molecule has 0 radical (unpaired) electrons. The Morgan fingerprint density at radius 3 is 3.00 bits per heavy atom. The summed E-state index contributed by atoms with van der Waals surface area (Å²) in [5.74, 6) is 0.336. The van der Waals surface area contributed by atoms with Gasteiger partial charge in [-0.3, -0.25) is 10.4 Å². The molecular formula is C8H7N3O2. The van der Waals surface area contributed by atoms with Gasteiger partial charge in [-0.15, -0.1) is 0 Å². The van der Waals surface area contributed by atoms with Crippen LogP contribution in [0.4, 0.5) is 10.6 Å². The normalized spacial score (nSPS) is 10.2. The number of para-hydroxylation sites is 1. The van der Waals surface area contributed by atoms with E-state index in [2.05, 4.69) is 15.5 Å². The molecule has 0 aliphatic rings. The molecule has 66 valence electrons. The fourth-order valence-electron chi connectivity index (χ4n) is 1.16. The van der Waals surface area contributed by atoms with Crippen LogP contribution in [-0.2, 0) is 0 Å². The number of nitrogens with one attached hydrogen (secondary N) is 2. The summed E-state index contributed by atoms with van der Waals surface area (Å²) >= 11 is 0. The van der Waals surface area contributed by atoms with Gasteiger partial charge in [0.1, 0.15) is 0 Å². The zero-order valence-corrected chi connectivity index (χ0v) is 6.61. The molecule has 0 fully saturated rings. The van der Waals surface area contributed by atoms with Gasteiger partial charge in [-0.2, -0.15) is 5.10 Å². The Morgan fingerprint density at radius 1 is 1.46 bits per heavy atom. The lowest BCUT2D eigenvalue weighted by atomic mass is 10.2. The molecule has 2 rings (SSSR count). The van der Waals surface area contributed by atoms with Crippen LogP contribution in [0.5, 0.6) is 0 Å². The molecule has 0 saturated heterocycles. The van der Waals surface area contributed by atoms with Gasteiger partial charge in [0.25, 0.3) is 0 Å². The second kappa shape index (κ2) is 2.78. The lowest BCUT2D eigenvalue weighted by Crippen LogP contribution is -2.07. The molecule has 0 aliphatic carbocycles. The average molecular weight is 177 g/mol. The zero-order chi connectivity index (χ0) is 9.26. The molecule has 0 atom stereocenters. The molecule has 0 spiro atoms. The minimum absolute atomic E-state index is 0.336. The summed E-state index contributed by atoms with van der Waals surface area (Å²) in [4.78, 5) is 10.3. The maximum absolute atomic E-state index is 10.3. The predicted octanol–water partition coefficient (Wildman–Crippen LogP) is 1.65. The molecule has 5 nitrogen and oxygen atoms in total. The van der Waals surface area contributed by atoms with Gasteiger partial charge in [-0.25, -0.2) is 4.79 Å². The highest BCUT2D eigenvalue weighted by molar-refractivity contribution is 5.96. The maximum atomic E-state index is 10.3. The van der Waals surface area contributed by atoms with E-state index in [9.17, 15) is 4.79 Å². The number of anilines is 1. The Bertz CT molecular complexity index is 449. The third kappa shape index (κ3) is 1.31. The number of hydrogen-bond donors (Lipinski definition) is 3. The Kier molecular flexibility index (Phi) is 1.63. The number of carbonyl (C=O) groups is 1. The summed E-state index contributed by atoms with van der Waals surface area (Å²) in [7, 11) is 0. The Morgan fingerprint density at radius 2 is 2.23 bits per heavy atom. The Hall–Kier alpha value is -2.04. The van der Waals surface area contributed by atoms with Crippen molar-refractivity contribution < 1.29 is 9.90 Å². The summed E-state index contributed by atoms with van der Waals surface area (Å²) in [6.45, 7) is 0. The molecule has 0 unspecified atom stereocenters. The number of rotatable bonds is 1. The van der Waals surface area contributed by atoms with E-state index in [1.165, 1.54) is 0 Å². The summed E-state index contributed by atoms with van der Waals surface area (Å²) in [6, 6.07) is 7.30. The van der Waals surface area contributed by atoms with Crippen molar-refractivity contribution in [3.05, 3.63) is 24.3 Å². The lowest BCUT2D eigenvalue weighted by molar-refractivity contribution is 0.209. The fourth-order valence-corrected chi connectivity index (χ4v) is 1.16. The van der Waals surface area contributed by atoms with E-state index >= 15 is 0 Å². The van der Waals surface area contributed by atoms with Gasteiger partial charge in [-0.05, 0) is 12.1 Å². The molecule has 5 heteroatoms. The van der Waals surface area contributed by atoms with Crippen LogP contribution in [0, 0.1) is 0 Å². The van der Waals surface area contributed by atoms with Crippen LogP contribution < -0.4 is 5.32 Å². The van der Waals surface area contributed by atoms with Crippen LogP contribution in [0.15, 0.2) is 24.3 Å². The van der Waals surface area contributed by atoms with Gasteiger partial charge in [0.15, 0.2) is 5.82 Å². The van der Waals surface area contributed by atoms with Crippen molar-refractivity contribution in [2.24, 2.45) is 0 Å². The molecule has 13 heavy (non-hydrogen) atoms. The minimum Gasteiger partial charge on any atom is -0.465 e. The minimum atomic E-state index is -1.11. The SMILES string of the molecule is O=C(O)Nc1n[nH]c2ccccc12. The monoisotopic (exact) mass is 177 g/mol. The third-order valence-corrected chi connectivity index (χ3v) is 1.70. The van der Waals surface area contributed by atoms with Crippen molar-refractivity contribution in [3.63, 3.8) is 0 Å². The number of carboxylic acid groups (broad SMARTS) is 1. The first-order valence-electron chi connectivity index (χ1n) is 3.70. The van der Waals surface area contributed by atoms with Crippen molar-refractivity contribution in [1.82, 2.24) is 10.2 Å². The first-order chi connectivity index (χ1) is 6.27. The first kappa shape index (κ1) is 7.60. The Balaban J connectivity index is 2.51. The van der Waals surface area contributed by atoms with Gasteiger partial charge in [0, 0.05) is 5.39 Å². The number of H-pyrrole nitrogens is 1. The Labute approximate surface area is 73.4 Å². The molecule has 0 bridgehead atoms. The second-order valence-electron chi connectivity index (χ2n) is 2.55. The smallest absolute Gasteiger partial charge is 0.410 e. The highest BCUT2D eigenvalue weighted by atomic mass is 16.4. The van der Waals surface area contributed by atoms with Crippen molar-refractivity contribution in [1.29, 1.82) is 0 Å². The largest absolute Gasteiger partial charge is 0.465 e. The van der Waals surface area contributed by atoms with E-state index < -0.39 is 6.09 Å². The molecule has 1 aromatic heterocycles. The van der Waals surface area contributed by atoms with Crippen LogP contribution in [0.25, 0.3) is 10.9 Å². The third-order valence-electron chi connectivity index (χ3n) is 1.70. The molecule has 0 saturated carbocycles. The van der Waals surface area contributed by atoms with Crippen molar-refractivity contribution in [3.8, 4) is 0 Å². The number of aromatic nitrogens is 2. The van der Waals surface area contributed by atoms with E-state index in [1.54, 1.807) is 6.07 Å². The van der Waals surface area contributed by atoms with Gasteiger partial charge < -0.3 is 5.11 Å². The van der Waals surface area contributed by atoms with E-state index in [-0.39, 0.29) is 0 Å². The van der Waals surface area contributed by atoms with Gasteiger partial charge in [0.05, 0.1) is 5.52 Å². The molecule has 0 aliphatic heterocycles. The number of amides is 1. The number of aromatic amines is 1. The predicted molar refractivity (Wildman–Crippen MR) is 47.7 cm³/mol. The van der Waals surface area contributed by atoms with Crippen LogP contribution in [0.2, 0.25) is 0 Å². The number of benzene rings is 1. The second-order valence-corrected chi connectivity index (χ2v) is 2.55. The van der Waals surface area contributed by atoms with Crippen LogP contribution in [-0.4, -0.2) is 21.4 Å².